The van der Waals surface area contributed by atoms with Gasteiger partial charge in [-0.3, -0.25) is 4.79 Å². The Morgan fingerprint density at radius 2 is 2.32 bits per heavy atom. The fourth-order valence-electron chi connectivity index (χ4n) is 1.70. The monoisotopic (exact) mass is 279 g/mol. The molecule has 0 N–H and O–H groups in total. The van der Waals surface area contributed by atoms with Gasteiger partial charge in [0.1, 0.15) is 18.7 Å². The van der Waals surface area contributed by atoms with E-state index in [1.807, 2.05) is 0 Å². The predicted octanol–water partition coefficient (Wildman–Crippen LogP) is 2.73. The molecule has 6 heteroatoms. The summed E-state index contributed by atoms with van der Waals surface area (Å²) in [5, 5.41) is 4.49. The van der Waals surface area contributed by atoms with Crippen LogP contribution in [0.25, 0.3) is 0 Å². The second-order valence-corrected chi connectivity index (χ2v) is 4.36. The van der Waals surface area contributed by atoms with Gasteiger partial charge in [-0.2, -0.15) is 5.10 Å². The lowest BCUT2D eigenvalue weighted by atomic mass is 10.2. The van der Waals surface area contributed by atoms with E-state index < -0.39 is 0 Å². The van der Waals surface area contributed by atoms with E-state index in [0.29, 0.717) is 22.6 Å². The van der Waals surface area contributed by atoms with Crippen molar-refractivity contribution in [2.75, 3.05) is 0 Å². The number of hydrogen-bond acceptors (Lipinski definition) is 4. The highest BCUT2D eigenvalue weighted by Crippen LogP contribution is 2.25. The molecule has 0 spiro atoms. The molecule has 0 aliphatic heterocycles. The maximum atomic E-state index is 11.0. The number of nitrogens with zero attached hydrogens (tertiary/aromatic N) is 3. The van der Waals surface area contributed by atoms with Crippen molar-refractivity contribution in [2.24, 2.45) is 0 Å². The van der Waals surface area contributed by atoms with Crippen molar-refractivity contribution < 1.29 is 9.53 Å². The molecular formula is C13H14ClN3O2. The van der Waals surface area contributed by atoms with E-state index in [1.54, 1.807) is 22.9 Å². The van der Waals surface area contributed by atoms with E-state index in [1.165, 1.54) is 6.33 Å². The zero-order chi connectivity index (χ0) is 13.7. The molecule has 0 saturated carbocycles. The molecule has 19 heavy (non-hydrogen) atoms. The van der Waals surface area contributed by atoms with Crippen LogP contribution in [-0.4, -0.2) is 21.1 Å². The molecule has 2 aromatic rings. The maximum Gasteiger partial charge on any atom is 0.164 e. The smallest absolute Gasteiger partial charge is 0.164 e. The molecular weight excluding hydrogens is 266 g/mol. The van der Waals surface area contributed by atoms with Crippen LogP contribution in [0, 0.1) is 0 Å². The van der Waals surface area contributed by atoms with E-state index >= 15 is 0 Å². The molecule has 0 atom stereocenters. The minimum absolute atomic E-state index is 0.251. The van der Waals surface area contributed by atoms with Crippen LogP contribution in [0.5, 0.6) is 5.75 Å². The van der Waals surface area contributed by atoms with Crippen molar-refractivity contribution in [3.8, 4) is 5.75 Å². The molecule has 0 fully saturated rings. The van der Waals surface area contributed by atoms with Crippen LogP contribution in [0.1, 0.15) is 29.5 Å². The minimum atomic E-state index is 0.251. The zero-order valence-electron chi connectivity index (χ0n) is 10.5. The molecule has 0 aliphatic carbocycles. The van der Waals surface area contributed by atoms with Gasteiger partial charge in [0.25, 0.3) is 0 Å². The van der Waals surface area contributed by atoms with Crippen LogP contribution in [0.3, 0.4) is 0 Å². The number of aryl methyl sites for hydroxylation is 1. The number of halogens is 1. The SMILES string of the molecule is CCCn1ncnc1COc1cccc(Cl)c1C=O. The van der Waals surface area contributed by atoms with Crippen LogP contribution in [0.4, 0.5) is 0 Å². The van der Waals surface area contributed by atoms with Gasteiger partial charge in [0, 0.05) is 6.54 Å². The van der Waals surface area contributed by atoms with Gasteiger partial charge in [-0.05, 0) is 18.6 Å². The highest BCUT2D eigenvalue weighted by atomic mass is 35.5. The number of carbonyl (C=O) groups excluding carboxylic acids is 1. The van der Waals surface area contributed by atoms with E-state index in [4.69, 9.17) is 16.3 Å². The van der Waals surface area contributed by atoms with Gasteiger partial charge in [0.15, 0.2) is 12.1 Å². The summed E-state index contributed by atoms with van der Waals surface area (Å²) < 4.78 is 7.38. The Morgan fingerprint density at radius 1 is 1.47 bits per heavy atom. The first-order valence-corrected chi connectivity index (χ1v) is 6.37. The van der Waals surface area contributed by atoms with Gasteiger partial charge in [0.05, 0.1) is 10.6 Å². The van der Waals surface area contributed by atoms with Crippen LogP contribution in [0.2, 0.25) is 5.02 Å². The Hall–Kier alpha value is -1.88. The van der Waals surface area contributed by atoms with Gasteiger partial charge in [0.2, 0.25) is 0 Å². The van der Waals surface area contributed by atoms with Crippen molar-refractivity contribution in [1.82, 2.24) is 14.8 Å². The number of aromatic nitrogens is 3. The summed E-state index contributed by atoms with van der Waals surface area (Å²) in [5.41, 5.74) is 0.353. The van der Waals surface area contributed by atoms with Gasteiger partial charge in [-0.25, -0.2) is 9.67 Å². The number of aldehydes is 1. The Labute approximate surface area is 116 Å². The quantitative estimate of drug-likeness (QED) is 0.763. The average Bonchev–Trinajstić information content (AvgIpc) is 2.84. The Bertz CT molecular complexity index is 569. The topological polar surface area (TPSA) is 57.0 Å². The van der Waals surface area contributed by atoms with Crippen LogP contribution < -0.4 is 4.74 Å². The average molecular weight is 280 g/mol. The van der Waals surface area contributed by atoms with E-state index in [2.05, 4.69) is 17.0 Å². The molecule has 1 aromatic carbocycles. The number of hydrogen-bond donors (Lipinski definition) is 0. The zero-order valence-corrected chi connectivity index (χ0v) is 11.3. The number of ether oxygens (including phenoxy) is 1. The molecule has 0 amide bonds. The molecule has 5 nitrogen and oxygen atoms in total. The highest BCUT2D eigenvalue weighted by molar-refractivity contribution is 6.33. The number of benzene rings is 1. The number of carbonyl (C=O) groups is 1. The molecule has 0 bridgehead atoms. The third-order valence-corrected chi connectivity index (χ3v) is 2.95. The van der Waals surface area contributed by atoms with Crippen molar-refractivity contribution in [3.63, 3.8) is 0 Å². The molecule has 100 valence electrons. The van der Waals surface area contributed by atoms with Gasteiger partial charge < -0.3 is 4.74 Å². The molecule has 0 unspecified atom stereocenters. The largest absolute Gasteiger partial charge is 0.485 e. The molecule has 2 rings (SSSR count). The lowest BCUT2D eigenvalue weighted by Gasteiger charge is -2.09. The summed E-state index contributed by atoms with van der Waals surface area (Å²) >= 11 is 5.93. The van der Waals surface area contributed by atoms with Gasteiger partial charge >= 0.3 is 0 Å². The van der Waals surface area contributed by atoms with E-state index in [-0.39, 0.29) is 6.61 Å². The molecule has 1 aromatic heterocycles. The minimum Gasteiger partial charge on any atom is -0.485 e. The summed E-state index contributed by atoms with van der Waals surface area (Å²) in [4.78, 5) is 15.1. The van der Waals surface area contributed by atoms with Crippen LogP contribution >= 0.6 is 11.6 Å². The van der Waals surface area contributed by atoms with Crippen LogP contribution in [0.15, 0.2) is 24.5 Å². The molecule has 0 radical (unpaired) electrons. The summed E-state index contributed by atoms with van der Waals surface area (Å²) in [6, 6.07) is 5.09. The first kappa shape index (κ1) is 13.5. The lowest BCUT2D eigenvalue weighted by molar-refractivity contribution is 0.111. The van der Waals surface area contributed by atoms with E-state index in [9.17, 15) is 4.79 Å². The highest BCUT2D eigenvalue weighted by Gasteiger charge is 2.09. The third kappa shape index (κ3) is 3.12. The Morgan fingerprint density at radius 3 is 3.05 bits per heavy atom. The standard InChI is InChI=1S/C13H14ClN3O2/c1-2-6-17-13(15-9-16-17)8-19-12-5-3-4-11(14)10(12)7-18/h3-5,7,9H,2,6,8H2,1H3. The molecule has 0 aliphatic rings. The van der Waals surface area contributed by atoms with Gasteiger partial charge in [-0.1, -0.05) is 24.6 Å². The second-order valence-electron chi connectivity index (χ2n) is 3.96. The fourth-order valence-corrected chi connectivity index (χ4v) is 1.91. The Kier molecular flexibility index (Phi) is 4.52. The van der Waals surface area contributed by atoms with Crippen molar-refractivity contribution >= 4 is 17.9 Å². The van der Waals surface area contributed by atoms with E-state index in [0.717, 1.165) is 18.8 Å². The summed E-state index contributed by atoms with van der Waals surface area (Å²) in [6.07, 6.45) is 3.15. The normalized spacial score (nSPS) is 10.4. The fraction of sp³-hybridized carbons (Fsp3) is 0.308. The summed E-state index contributed by atoms with van der Waals surface area (Å²) in [5.74, 6) is 1.17. The second kappa shape index (κ2) is 6.33. The first-order valence-electron chi connectivity index (χ1n) is 5.99. The lowest BCUT2D eigenvalue weighted by Crippen LogP contribution is -2.09. The van der Waals surface area contributed by atoms with Gasteiger partial charge in [-0.15, -0.1) is 0 Å². The van der Waals surface area contributed by atoms with Crippen molar-refractivity contribution in [2.45, 2.75) is 26.5 Å². The number of rotatable bonds is 6. The third-order valence-electron chi connectivity index (χ3n) is 2.62. The van der Waals surface area contributed by atoms with Crippen molar-refractivity contribution in [1.29, 1.82) is 0 Å². The maximum absolute atomic E-state index is 11.0. The van der Waals surface area contributed by atoms with Crippen molar-refractivity contribution in [3.05, 3.63) is 40.9 Å². The predicted molar refractivity (Wildman–Crippen MR) is 71.5 cm³/mol. The summed E-state index contributed by atoms with van der Waals surface area (Å²) in [6.45, 7) is 3.10. The first-order chi connectivity index (χ1) is 9.26. The van der Waals surface area contributed by atoms with Crippen LogP contribution in [-0.2, 0) is 13.2 Å². The Balaban J connectivity index is 2.12. The summed E-state index contributed by atoms with van der Waals surface area (Å²) in [7, 11) is 0. The molecule has 0 saturated heterocycles. The molecule has 1 heterocycles.